The van der Waals surface area contributed by atoms with Gasteiger partial charge in [0, 0.05) is 31.6 Å². The zero-order valence-corrected chi connectivity index (χ0v) is 49.4. The fourth-order valence-electron chi connectivity index (χ4n) is 13.9. The minimum absolute atomic E-state index is 0.00546. The molecule has 0 aromatic heterocycles. The van der Waals surface area contributed by atoms with Gasteiger partial charge in [0.05, 0.1) is 80.4 Å². The Morgan fingerprint density at radius 3 is 1.66 bits per heavy atom. The third-order valence-electron chi connectivity index (χ3n) is 19.3. The number of esters is 2. The summed E-state index contributed by atoms with van der Waals surface area (Å²) in [6.07, 6.45) is -33.8. The van der Waals surface area contributed by atoms with Crippen molar-refractivity contribution in [3.8, 4) is 0 Å². The van der Waals surface area contributed by atoms with Crippen molar-refractivity contribution < 1.29 is 153 Å². The van der Waals surface area contributed by atoms with Crippen molar-refractivity contribution in [2.75, 3.05) is 26.9 Å². The summed E-state index contributed by atoms with van der Waals surface area (Å²) in [6.45, 7) is -0.394. The number of hydrogen-bond donors (Lipinski definition) is 17. The monoisotopic (exact) mass is 1280 g/mol. The quantitative estimate of drug-likeness (QED) is 0.0422. The second-order valence-corrected chi connectivity index (χ2v) is 25.5. The topological polar surface area (TPSA) is 489 Å². The molecule has 9 rings (SSSR count). The molecule has 31 nitrogen and oxygen atoms in total. The van der Waals surface area contributed by atoms with Crippen LogP contribution in [0.25, 0.3) is 0 Å². The predicted molar refractivity (Wildman–Crippen MR) is 292 cm³/mol. The van der Waals surface area contributed by atoms with E-state index in [0.717, 1.165) is 0 Å². The number of rotatable bonds is 19. The fraction of sp³-hybridized carbons (Fsp3) is 0.897. The lowest BCUT2D eigenvalue weighted by atomic mass is 9.72. The number of aliphatic hydroxyl groups excluding tert-OH is 17. The maximum atomic E-state index is 13.2. The largest absolute Gasteiger partial charge is 0.460 e. The molecule has 0 amide bonds. The zero-order chi connectivity index (χ0) is 64.3. The standard InChI is InChI=1S/C58H92O31/c1-22-53(89-40(65)12-6-23-3-8-27(9-4-23)82-56-49(74)46(71)43(68)37(87-56)20-79-39(64)11-7-24-5-10-29(61)30(62)13-24)48(73)52(77)55(81-22)80-21-38-44(69)47(72)51(76)58(88-38)85-35-18-28-32(83-54(35)25-14-31(63)41(66)34(15-25)78-2)16-26(60)17-33(28)84-57-50(75)45(70)42(67)36(19-59)86-57/h6-7,11-12,22-38,41-63,66-77H,3-5,8-10,13-21H2,1-2H3/t22-,23?,24?,25?,26?,27?,28?,29?,30?,31?,32?,33?,34?,35?,36-,37-,38-,41?,42-,43-,44-,45-,46-,47+,48-,49+,50+,51-,52-,53-,54?,55-,56+,57+,58-/m0/s1. The summed E-state index contributed by atoms with van der Waals surface area (Å²) in [5.74, 6) is -3.20. The Kier molecular flexibility index (Phi) is 24.8. The van der Waals surface area contributed by atoms with Crippen LogP contribution in [0.4, 0.5) is 0 Å². The number of fused-ring (bicyclic) bond motifs is 1. The molecule has 33 atom stereocenters. The summed E-state index contributed by atoms with van der Waals surface area (Å²) in [7, 11) is 1.36. The van der Waals surface area contributed by atoms with E-state index >= 15 is 0 Å². The molecule has 0 aromatic carbocycles. The highest BCUT2D eigenvalue weighted by Gasteiger charge is 2.56. The average Bonchev–Trinajstić information content (AvgIpc) is 0.919. The highest BCUT2D eigenvalue weighted by molar-refractivity contribution is 5.82. The van der Waals surface area contributed by atoms with E-state index in [-0.39, 0.29) is 50.4 Å². The van der Waals surface area contributed by atoms with Crippen molar-refractivity contribution in [2.45, 2.75) is 274 Å². The summed E-state index contributed by atoms with van der Waals surface area (Å²) in [5, 5.41) is 182. The minimum atomic E-state index is -1.93. The molecule has 13 unspecified atom stereocenters. The van der Waals surface area contributed by atoms with Crippen LogP contribution >= 0.6 is 0 Å². The lowest BCUT2D eigenvalue weighted by molar-refractivity contribution is -0.352. The van der Waals surface area contributed by atoms with E-state index in [4.69, 9.17) is 56.8 Å². The van der Waals surface area contributed by atoms with E-state index in [1.807, 2.05) is 0 Å². The first-order valence-corrected chi connectivity index (χ1v) is 31.0. The molecule has 0 bridgehead atoms. The zero-order valence-electron chi connectivity index (χ0n) is 49.4. The molecule has 17 N–H and O–H groups in total. The van der Waals surface area contributed by atoms with Gasteiger partial charge in [-0.2, -0.15) is 0 Å². The lowest BCUT2D eigenvalue weighted by Crippen LogP contribution is -2.64. The highest BCUT2D eigenvalue weighted by atomic mass is 16.7. The van der Waals surface area contributed by atoms with E-state index in [1.165, 1.54) is 26.2 Å². The van der Waals surface area contributed by atoms with Gasteiger partial charge in [0.1, 0.15) is 98.2 Å². The predicted octanol–water partition coefficient (Wildman–Crippen LogP) is -6.61. The molecule has 5 aliphatic heterocycles. The van der Waals surface area contributed by atoms with Crippen molar-refractivity contribution in [2.24, 2.45) is 23.7 Å². The van der Waals surface area contributed by atoms with Crippen molar-refractivity contribution in [1.82, 2.24) is 0 Å². The number of carbonyl (C=O) groups excluding carboxylic acids is 2. The van der Waals surface area contributed by atoms with Crippen LogP contribution in [0.1, 0.15) is 84.0 Å². The Labute approximate surface area is 512 Å². The summed E-state index contributed by atoms with van der Waals surface area (Å²) in [6, 6.07) is 0. The van der Waals surface area contributed by atoms with Gasteiger partial charge in [-0.05, 0) is 95.3 Å². The van der Waals surface area contributed by atoms with Crippen LogP contribution in [0.3, 0.4) is 0 Å². The normalized spacial score (nSPS) is 50.1. The smallest absolute Gasteiger partial charge is 0.330 e. The van der Waals surface area contributed by atoms with Crippen LogP contribution in [0.2, 0.25) is 0 Å². The Hall–Kier alpha value is -2.66. The van der Waals surface area contributed by atoms with Crippen molar-refractivity contribution in [3.05, 3.63) is 24.3 Å². The molecule has 5 saturated heterocycles. The molecule has 4 aliphatic carbocycles. The fourth-order valence-corrected chi connectivity index (χ4v) is 13.9. The third-order valence-corrected chi connectivity index (χ3v) is 19.3. The Morgan fingerprint density at radius 1 is 0.472 bits per heavy atom. The summed E-state index contributed by atoms with van der Waals surface area (Å²) < 4.78 is 70.8. The molecule has 0 radical (unpaired) electrons. The molecule has 9 fully saturated rings. The van der Waals surface area contributed by atoms with Gasteiger partial charge in [0.15, 0.2) is 31.3 Å². The van der Waals surface area contributed by atoms with Gasteiger partial charge in [-0.25, -0.2) is 9.59 Å². The molecule has 0 aromatic rings. The SMILES string of the molecule is COC1CC(C2OC3CC(O)CC(O[C@@H]4O[C@@H](CO)[C@H](O)[C@H](O)[C@H]4O)C3CC2O[C@H]2O[C@@H](CO[C@H]3O[C@@H](C)[C@H](OC(=O)C=CC4CCC(O[C@@H]5O[C@@H](COC(=O)C=CC6CCC(O)C(O)C6)[C@H](O)[C@H](O)[C@H]5O)CC4)[C@@H](O)[C@@H]3O)[C@H](O)[C@@H](O)[C@@H]2O)CC(O)C1O. The molecule has 89 heavy (non-hydrogen) atoms. The van der Waals surface area contributed by atoms with E-state index in [1.54, 1.807) is 12.2 Å². The first-order chi connectivity index (χ1) is 42.3. The molecule has 510 valence electrons. The number of allylic oxidation sites excluding steroid dienone is 2. The Balaban J connectivity index is 0.757. The lowest BCUT2D eigenvalue weighted by Gasteiger charge is -2.53. The molecule has 4 saturated carbocycles. The maximum Gasteiger partial charge on any atom is 0.330 e. The van der Waals surface area contributed by atoms with Crippen molar-refractivity contribution in [1.29, 1.82) is 0 Å². The first-order valence-electron chi connectivity index (χ1n) is 31.0. The van der Waals surface area contributed by atoms with Crippen LogP contribution in [-0.2, 0) is 66.4 Å². The Bertz CT molecular complexity index is 2300. The van der Waals surface area contributed by atoms with Gasteiger partial charge in [-0.1, -0.05) is 12.2 Å². The molecular formula is C58H92O31. The Morgan fingerprint density at radius 2 is 1.03 bits per heavy atom. The van der Waals surface area contributed by atoms with E-state index in [2.05, 4.69) is 0 Å². The first kappa shape index (κ1) is 70.7. The second kappa shape index (κ2) is 31.3. The van der Waals surface area contributed by atoms with Gasteiger partial charge in [0.2, 0.25) is 0 Å². The van der Waals surface area contributed by atoms with Gasteiger partial charge in [0.25, 0.3) is 0 Å². The summed E-state index contributed by atoms with van der Waals surface area (Å²) in [5.41, 5.74) is 0. The average molecular weight is 1290 g/mol. The van der Waals surface area contributed by atoms with Gasteiger partial charge >= 0.3 is 11.9 Å². The van der Waals surface area contributed by atoms with Crippen LogP contribution < -0.4 is 0 Å². The third kappa shape index (κ3) is 16.7. The van der Waals surface area contributed by atoms with Gasteiger partial charge in [-0.15, -0.1) is 0 Å². The van der Waals surface area contributed by atoms with Crippen LogP contribution in [-0.4, -0.2) is 316 Å². The van der Waals surface area contributed by atoms with Crippen molar-refractivity contribution in [3.63, 3.8) is 0 Å². The van der Waals surface area contributed by atoms with Crippen LogP contribution in [0.5, 0.6) is 0 Å². The second-order valence-electron chi connectivity index (χ2n) is 25.5. The van der Waals surface area contributed by atoms with E-state index < -0.39 is 234 Å². The molecule has 5 heterocycles. The van der Waals surface area contributed by atoms with E-state index in [9.17, 15) is 96.4 Å². The van der Waals surface area contributed by atoms with Crippen LogP contribution in [0.15, 0.2) is 24.3 Å². The minimum Gasteiger partial charge on any atom is -0.460 e. The summed E-state index contributed by atoms with van der Waals surface area (Å²) >= 11 is 0. The number of aliphatic hydroxyl groups is 17. The number of hydrogen-bond acceptors (Lipinski definition) is 31. The summed E-state index contributed by atoms with van der Waals surface area (Å²) in [4.78, 5) is 25.6. The molecule has 0 spiro atoms. The van der Waals surface area contributed by atoms with Gasteiger partial charge < -0.3 is 144 Å². The van der Waals surface area contributed by atoms with Crippen LogP contribution in [0, 0.1) is 23.7 Å². The highest BCUT2D eigenvalue weighted by Crippen LogP contribution is 2.46. The number of methoxy groups -OCH3 is 1. The van der Waals surface area contributed by atoms with Gasteiger partial charge in [-0.3, -0.25) is 0 Å². The number of ether oxygens (including phenoxy) is 12. The maximum absolute atomic E-state index is 13.2. The van der Waals surface area contributed by atoms with Crippen molar-refractivity contribution >= 4 is 11.9 Å². The molecular weight excluding hydrogens is 1190 g/mol. The molecule has 9 aliphatic rings. The number of carbonyl (C=O) groups is 2. The molecule has 31 heteroatoms. The van der Waals surface area contributed by atoms with E-state index in [0.29, 0.717) is 38.5 Å².